The van der Waals surface area contributed by atoms with Crippen LogP contribution in [-0.4, -0.2) is 61.3 Å². The number of hydrogen-bond acceptors (Lipinski definition) is 10. The first-order valence-electron chi connectivity index (χ1n) is 14.3. The first kappa shape index (κ1) is 30.5. The molecule has 0 saturated heterocycles. The summed E-state index contributed by atoms with van der Waals surface area (Å²) >= 11 is 0. The minimum absolute atomic E-state index is 0.0798. The van der Waals surface area contributed by atoms with Gasteiger partial charge in [-0.15, -0.1) is 0 Å². The van der Waals surface area contributed by atoms with Crippen molar-refractivity contribution in [1.29, 1.82) is 0 Å². The second-order valence-corrected chi connectivity index (χ2v) is 11.5. The topological polar surface area (TPSA) is 152 Å². The third kappa shape index (κ3) is 7.70. The number of rotatable bonds is 9. The van der Waals surface area contributed by atoms with E-state index in [1.54, 1.807) is 51.4 Å². The van der Waals surface area contributed by atoms with Gasteiger partial charge in [0.15, 0.2) is 12.2 Å². The predicted molar refractivity (Wildman–Crippen MR) is 161 cm³/mol. The van der Waals surface area contributed by atoms with Crippen LogP contribution < -0.4 is 15.4 Å². The molecule has 5 rings (SSSR count). The van der Waals surface area contributed by atoms with Crippen LogP contribution in [0.3, 0.4) is 0 Å². The molecule has 0 spiro atoms. The lowest BCUT2D eigenvalue weighted by Crippen LogP contribution is -2.54. The quantitative estimate of drug-likeness (QED) is 0.250. The summed E-state index contributed by atoms with van der Waals surface area (Å²) < 4.78 is 17.0. The van der Waals surface area contributed by atoms with Gasteiger partial charge in [-0.3, -0.25) is 14.7 Å². The van der Waals surface area contributed by atoms with Crippen LogP contribution in [0, 0.1) is 6.92 Å². The number of aliphatic hydroxyl groups excluding tert-OH is 1. The number of ether oxygens (including phenoxy) is 2. The Labute approximate surface area is 255 Å². The first-order chi connectivity index (χ1) is 21.1. The Morgan fingerprint density at radius 3 is 2.70 bits per heavy atom. The molecule has 1 aliphatic heterocycles. The van der Waals surface area contributed by atoms with Gasteiger partial charge in [0.2, 0.25) is 0 Å². The van der Waals surface area contributed by atoms with Crippen LogP contribution in [0.15, 0.2) is 71.9 Å². The Kier molecular flexibility index (Phi) is 9.09. The van der Waals surface area contributed by atoms with Gasteiger partial charge in [-0.05, 0) is 81.6 Å². The molecule has 1 aliphatic rings. The summed E-state index contributed by atoms with van der Waals surface area (Å²) in [6.07, 6.45) is 4.96. The van der Waals surface area contributed by atoms with Gasteiger partial charge in [-0.25, -0.2) is 14.8 Å². The fourth-order valence-electron chi connectivity index (χ4n) is 4.81. The lowest BCUT2D eigenvalue weighted by Gasteiger charge is -2.40. The van der Waals surface area contributed by atoms with E-state index >= 15 is 0 Å². The summed E-state index contributed by atoms with van der Waals surface area (Å²) in [7, 11) is 0. The number of carbonyl (C=O) groups is 2. The Morgan fingerprint density at radius 1 is 1.14 bits per heavy atom. The number of nitrogens with one attached hydrogen (secondary N) is 2. The van der Waals surface area contributed by atoms with Gasteiger partial charge in [0.25, 0.3) is 5.91 Å². The molecular formula is C32H36N6O6. The number of aliphatic hydroxyl groups is 1. The van der Waals surface area contributed by atoms with Crippen molar-refractivity contribution >= 4 is 23.5 Å². The number of hydrogen-bond donors (Lipinski definition) is 3. The standard InChI is InChI=1S/C32H36N6O6/c1-20-28(43-19-36-20)18-42-25-8-7-21-13-26(38(17-23(21)12-25)31(41)44-32(2,3)4)27(39)16-35-30(40)22-9-11-34-29(14-22)37-24-6-5-10-33-15-24/h5-12,14-15,19,26-27,39H,13,16-18H2,1-4H3,(H,34,37)(H,35,40)/t26?,27-/m1/s1. The first-order valence-corrected chi connectivity index (χ1v) is 14.3. The number of nitrogens with zero attached hydrogens (tertiary/aromatic N) is 4. The van der Waals surface area contributed by atoms with E-state index in [2.05, 4.69) is 25.6 Å². The molecular weight excluding hydrogens is 564 g/mol. The van der Waals surface area contributed by atoms with Crippen LogP contribution in [0.4, 0.5) is 16.3 Å². The van der Waals surface area contributed by atoms with Gasteiger partial charge < -0.3 is 29.6 Å². The summed E-state index contributed by atoms with van der Waals surface area (Å²) in [5, 5.41) is 17.2. The highest BCUT2D eigenvalue weighted by molar-refractivity contribution is 5.94. The predicted octanol–water partition coefficient (Wildman–Crippen LogP) is 4.55. The zero-order valence-corrected chi connectivity index (χ0v) is 25.1. The maximum Gasteiger partial charge on any atom is 0.410 e. The number of aryl methyl sites for hydroxylation is 1. The van der Waals surface area contributed by atoms with Crippen molar-refractivity contribution in [3.63, 3.8) is 0 Å². The third-order valence-corrected chi connectivity index (χ3v) is 7.06. The Hall–Kier alpha value is -4.97. The molecule has 2 atom stereocenters. The minimum Gasteiger partial charge on any atom is -0.486 e. The van der Waals surface area contributed by atoms with Crippen molar-refractivity contribution in [2.24, 2.45) is 0 Å². The van der Waals surface area contributed by atoms with Crippen molar-refractivity contribution in [2.45, 2.75) is 65.0 Å². The van der Waals surface area contributed by atoms with Gasteiger partial charge in [0.1, 0.15) is 23.8 Å². The molecule has 2 amide bonds. The normalized spacial score (nSPS) is 15.2. The molecule has 44 heavy (non-hydrogen) atoms. The van der Waals surface area contributed by atoms with Crippen LogP contribution >= 0.6 is 0 Å². The molecule has 0 radical (unpaired) electrons. The summed E-state index contributed by atoms with van der Waals surface area (Å²) in [4.78, 5) is 40.3. The Morgan fingerprint density at radius 2 is 1.98 bits per heavy atom. The number of anilines is 2. The highest BCUT2D eigenvalue weighted by atomic mass is 16.6. The highest BCUT2D eigenvalue weighted by Crippen LogP contribution is 2.30. The van der Waals surface area contributed by atoms with Crippen LogP contribution in [0.25, 0.3) is 0 Å². The van der Waals surface area contributed by atoms with Crippen molar-refractivity contribution in [1.82, 2.24) is 25.2 Å². The molecule has 0 aliphatic carbocycles. The lowest BCUT2D eigenvalue weighted by molar-refractivity contribution is -0.0113. The highest BCUT2D eigenvalue weighted by Gasteiger charge is 2.37. The van der Waals surface area contributed by atoms with E-state index < -0.39 is 23.8 Å². The summed E-state index contributed by atoms with van der Waals surface area (Å²) in [6, 6.07) is 11.8. The van der Waals surface area contributed by atoms with E-state index in [1.165, 1.54) is 17.5 Å². The number of fused-ring (bicyclic) bond motifs is 1. The zero-order chi connectivity index (χ0) is 31.3. The van der Waals surface area contributed by atoms with Crippen LogP contribution in [0.1, 0.15) is 53.7 Å². The smallest absolute Gasteiger partial charge is 0.410 e. The van der Waals surface area contributed by atoms with E-state index in [4.69, 9.17) is 13.9 Å². The summed E-state index contributed by atoms with van der Waals surface area (Å²) in [6.45, 7) is 7.56. The van der Waals surface area contributed by atoms with Crippen molar-refractivity contribution in [3.05, 3.63) is 95.6 Å². The van der Waals surface area contributed by atoms with Crippen LogP contribution in [0.2, 0.25) is 0 Å². The molecule has 12 heteroatoms. The maximum atomic E-state index is 13.3. The van der Waals surface area contributed by atoms with E-state index in [1.807, 2.05) is 31.2 Å². The maximum absolute atomic E-state index is 13.3. The Bertz CT molecular complexity index is 1600. The number of carbonyl (C=O) groups excluding carboxylic acids is 2. The molecule has 12 nitrogen and oxygen atoms in total. The second-order valence-electron chi connectivity index (χ2n) is 11.5. The SMILES string of the molecule is Cc1ncoc1COc1ccc2c(c1)CN(C(=O)OC(C)(C)C)C([C@H](O)CNC(=O)c1ccnc(Nc3cccnc3)c1)C2. The molecule has 0 bridgehead atoms. The number of oxazole rings is 1. The monoisotopic (exact) mass is 600 g/mol. The molecule has 4 aromatic rings. The van der Waals surface area contributed by atoms with Crippen LogP contribution in [-0.2, 0) is 24.3 Å². The van der Waals surface area contributed by atoms with E-state index in [0.29, 0.717) is 29.3 Å². The molecule has 0 fully saturated rings. The van der Waals surface area contributed by atoms with Gasteiger partial charge in [0.05, 0.1) is 29.7 Å². The average Bonchev–Trinajstić information content (AvgIpc) is 3.42. The molecule has 4 heterocycles. The summed E-state index contributed by atoms with van der Waals surface area (Å²) in [5.74, 6) is 1.34. The number of benzene rings is 1. The minimum atomic E-state index is -1.07. The van der Waals surface area contributed by atoms with Crippen molar-refractivity contribution in [3.8, 4) is 5.75 Å². The van der Waals surface area contributed by atoms with Gasteiger partial charge in [-0.1, -0.05) is 6.07 Å². The number of amides is 2. The second kappa shape index (κ2) is 13.1. The van der Waals surface area contributed by atoms with Gasteiger partial charge >= 0.3 is 6.09 Å². The fourth-order valence-corrected chi connectivity index (χ4v) is 4.81. The zero-order valence-electron chi connectivity index (χ0n) is 25.1. The van der Waals surface area contributed by atoms with Gasteiger partial charge in [-0.2, -0.15) is 0 Å². The molecule has 3 N–H and O–H groups in total. The fraction of sp³-hybridized carbons (Fsp3) is 0.344. The van der Waals surface area contributed by atoms with E-state index in [9.17, 15) is 14.7 Å². The van der Waals surface area contributed by atoms with Gasteiger partial charge in [0, 0.05) is 31.0 Å². The third-order valence-electron chi connectivity index (χ3n) is 7.06. The van der Waals surface area contributed by atoms with E-state index in [-0.39, 0.29) is 25.6 Å². The molecule has 230 valence electrons. The molecule has 1 aromatic carbocycles. The summed E-state index contributed by atoms with van der Waals surface area (Å²) in [5.41, 5.74) is 2.96. The van der Waals surface area contributed by atoms with Crippen molar-refractivity contribution in [2.75, 3.05) is 11.9 Å². The van der Waals surface area contributed by atoms with E-state index in [0.717, 1.165) is 22.5 Å². The van der Waals surface area contributed by atoms with Crippen LogP contribution in [0.5, 0.6) is 5.75 Å². The molecule has 1 unspecified atom stereocenters. The number of pyridine rings is 2. The lowest BCUT2D eigenvalue weighted by atomic mass is 9.91. The van der Waals surface area contributed by atoms with Crippen molar-refractivity contribution < 1.29 is 28.6 Å². The largest absolute Gasteiger partial charge is 0.486 e. The number of aromatic nitrogens is 3. The molecule has 0 saturated carbocycles. The Balaban J connectivity index is 1.27. The molecule has 3 aromatic heterocycles. The average molecular weight is 601 g/mol.